The van der Waals surface area contributed by atoms with Crippen LogP contribution in [-0.4, -0.2) is 15.2 Å². The fourth-order valence-electron chi connectivity index (χ4n) is 1.19. The van der Waals surface area contributed by atoms with E-state index < -0.39 is 0 Å². The van der Waals surface area contributed by atoms with Crippen LogP contribution in [0.1, 0.15) is 17.5 Å². The minimum absolute atomic E-state index is 0.523. The van der Waals surface area contributed by atoms with Gasteiger partial charge in [-0.1, -0.05) is 35.9 Å². The molecule has 0 amide bonds. The van der Waals surface area contributed by atoms with Crippen molar-refractivity contribution >= 4 is 28.1 Å². The normalized spacial score (nSPS) is 10.4. The van der Waals surface area contributed by atoms with Crippen LogP contribution >= 0.6 is 22.9 Å². The van der Waals surface area contributed by atoms with Gasteiger partial charge in [0.2, 0.25) is 5.13 Å². The highest BCUT2D eigenvalue weighted by Crippen LogP contribution is 2.18. The van der Waals surface area contributed by atoms with Gasteiger partial charge >= 0.3 is 0 Å². The van der Waals surface area contributed by atoms with E-state index >= 15 is 0 Å². The van der Waals surface area contributed by atoms with Crippen molar-refractivity contribution in [2.24, 2.45) is 0 Å². The van der Waals surface area contributed by atoms with Crippen molar-refractivity contribution in [3.63, 3.8) is 0 Å². The molecule has 0 aliphatic carbocycles. The van der Waals surface area contributed by atoms with Crippen molar-refractivity contribution in [3.8, 4) is 0 Å². The minimum Gasteiger partial charge on any atom is -0.356 e. The van der Waals surface area contributed by atoms with E-state index in [2.05, 4.69) is 27.4 Å². The van der Waals surface area contributed by atoms with Crippen LogP contribution in [0.4, 0.5) is 5.13 Å². The summed E-state index contributed by atoms with van der Waals surface area (Å²) in [6, 6.07) is 3.80. The van der Waals surface area contributed by atoms with Gasteiger partial charge in [-0.3, -0.25) is 0 Å². The van der Waals surface area contributed by atoms with Crippen LogP contribution in [-0.2, 0) is 13.0 Å². The lowest BCUT2D eigenvalue weighted by molar-refractivity contribution is 0.974. The smallest absolute Gasteiger partial charge is 0.205 e. The van der Waals surface area contributed by atoms with E-state index in [0.29, 0.717) is 11.7 Å². The first-order valence-electron chi connectivity index (χ1n) is 4.95. The Morgan fingerprint density at radius 1 is 1.44 bits per heavy atom. The Morgan fingerprint density at radius 3 is 3.00 bits per heavy atom. The van der Waals surface area contributed by atoms with E-state index in [1.807, 2.05) is 12.1 Å². The zero-order chi connectivity index (χ0) is 11.4. The van der Waals surface area contributed by atoms with Crippen LogP contribution in [0.25, 0.3) is 0 Å². The van der Waals surface area contributed by atoms with Gasteiger partial charge < -0.3 is 5.32 Å². The molecule has 2 aromatic heterocycles. The van der Waals surface area contributed by atoms with Crippen LogP contribution in [0.2, 0.25) is 5.15 Å². The summed E-state index contributed by atoms with van der Waals surface area (Å²) in [5, 5.41) is 13.6. The quantitative estimate of drug-likeness (QED) is 0.853. The number of rotatable bonds is 4. The van der Waals surface area contributed by atoms with Gasteiger partial charge in [0, 0.05) is 18.3 Å². The van der Waals surface area contributed by atoms with Gasteiger partial charge in [-0.15, -0.1) is 10.2 Å². The molecule has 2 rings (SSSR count). The summed E-state index contributed by atoms with van der Waals surface area (Å²) in [6.45, 7) is 2.67. The fourth-order valence-corrected chi connectivity index (χ4v) is 2.05. The zero-order valence-electron chi connectivity index (χ0n) is 8.77. The molecule has 1 N–H and O–H groups in total. The van der Waals surface area contributed by atoms with Crippen LogP contribution in [0.5, 0.6) is 0 Å². The maximum absolute atomic E-state index is 5.94. The van der Waals surface area contributed by atoms with Gasteiger partial charge in [-0.05, 0) is 12.5 Å². The maximum Gasteiger partial charge on any atom is 0.205 e. The standard InChI is InChI=1S/C10H11ClN4S/c1-2-8-14-15-10(16-8)13-6-7-4-3-5-12-9(7)11/h3-5H,2,6H2,1H3,(H,13,15). The van der Waals surface area contributed by atoms with E-state index in [-0.39, 0.29) is 0 Å². The van der Waals surface area contributed by atoms with Crippen LogP contribution in [0.3, 0.4) is 0 Å². The molecule has 84 valence electrons. The molecular formula is C10H11ClN4S. The van der Waals surface area contributed by atoms with E-state index in [9.17, 15) is 0 Å². The van der Waals surface area contributed by atoms with Gasteiger partial charge in [-0.2, -0.15) is 0 Å². The fraction of sp³-hybridized carbons (Fsp3) is 0.300. The second kappa shape index (κ2) is 5.23. The topological polar surface area (TPSA) is 50.7 Å². The third kappa shape index (κ3) is 2.68. The molecule has 6 heteroatoms. The van der Waals surface area contributed by atoms with Crippen LogP contribution in [0.15, 0.2) is 18.3 Å². The Kier molecular flexibility index (Phi) is 3.69. The van der Waals surface area contributed by atoms with Crippen LogP contribution < -0.4 is 5.32 Å². The summed E-state index contributed by atoms with van der Waals surface area (Å²) in [5.41, 5.74) is 0.956. The Hall–Kier alpha value is -1.20. The predicted molar refractivity (Wildman–Crippen MR) is 65.9 cm³/mol. The molecule has 0 aliphatic heterocycles. The molecule has 0 saturated carbocycles. The number of nitrogens with one attached hydrogen (secondary N) is 1. The van der Waals surface area contributed by atoms with Gasteiger partial charge in [0.1, 0.15) is 10.2 Å². The Bertz CT molecular complexity index is 471. The second-order valence-electron chi connectivity index (χ2n) is 3.16. The van der Waals surface area contributed by atoms with Crippen molar-refractivity contribution in [3.05, 3.63) is 34.1 Å². The molecule has 2 heterocycles. The Balaban J connectivity index is 1.99. The summed E-state index contributed by atoms with van der Waals surface area (Å²) in [7, 11) is 0. The lowest BCUT2D eigenvalue weighted by Gasteiger charge is -2.02. The number of aryl methyl sites for hydroxylation is 1. The van der Waals surface area contributed by atoms with E-state index in [1.54, 1.807) is 17.5 Å². The summed E-state index contributed by atoms with van der Waals surface area (Å²) in [4.78, 5) is 4.01. The molecule has 0 unspecified atom stereocenters. The molecule has 0 fully saturated rings. The molecule has 4 nitrogen and oxygen atoms in total. The maximum atomic E-state index is 5.94. The van der Waals surface area contributed by atoms with E-state index in [1.165, 1.54) is 0 Å². The first kappa shape index (κ1) is 11.3. The highest BCUT2D eigenvalue weighted by Gasteiger charge is 2.03. The highest BCUT2D eigenvalue weighted by atomic mass is 35.5. The average molecular weight is 255 g/mol. The van der Waals surface area contributed by atoms with Gasteiger partial charge in [-0.25, -0.2) is 4.98 Å². The molecule has 0 radical (unpaired) electrons. The first-order valence-corrected chi connectivity index (χ1v) is 6.14. The van der Waals surface area contributed by atoms with Gasteiger partial charge in [0.25, 0.3) is 0 Å². The Morgan fingerprint density at radius 2 is 2.31 bits per heavy atom. The second-order valence-corrected chi connectivity index (χ2v) is 4.58. The van der Waals surface area contributed by atoms with Crippen molar-refractivity contribution in [2.45, 2.75) is 19.9 Å². The lowest BCUT2D eigenvalue weighted by atomic mass is 10.3. The summed E-state index contributed by atoms with van der Waals surface area (Å²) in [6.07, 6.45) is 2.58. The number of hydrogen-bond donors (Lipinski definition) is 1. The number of aromatic nitrogens is 3. The molecule has 16 heavy (non-hydrogen) atoms. The average Bonchev–Trinajstić information content (AvgIpc) is 2.76. The number of pyridine rings is 1. The van der Waals surface area contributed by atoms with E-state index in [0.717, 1.165) is 22.1 Å². The summed E-state index contributed by atoms with van der Waals surface area (Å²) < 4.78 is 0. The highest BCUT2D eigenvalue weighted by molar-refractivity contribution is 7.15. The number of anilines is 1. The monoisotopic (exact) mass is 254 g/mol. The minimum atomic E-state index is 0.523. The number of nitrogens with zero attached hydrogens (tertiary/aromatic N) is 3. The molecule has 0 bridgehead atoms. The molecule has 0 spiro atoms. The van der Waals surface area contributed by atoms with Crippen molar-refractivity contribution < 1.29 is 0 Å². The zero-order valence-corrected chi connectivity index (χ0v) is 10.3. The molecule has 0 aromatic carbocycles. The summed E-state index contributed by atoms with van der Waals surface area (Å²) in [5.74, 6) is 0. The molecule has 0 aliphatic rings. The van der Waals surface area contributed by atoms with Crippen molar-refractivity contribution in [1.29, 1.82) is 0 Å². The summed E-state index contributed by atoms with van der Waals surface area (Å²) >= 11 is 7.50. The Labute approximate surface area is 103 Å². The van der Waals surface area contributed by atoms with Crippen LogP contribution in [0, 0.1) is 0 Å². The lowest BCUT2D eigenvalue weighted by Crippen LogP contribution is -2.00. The first-order chi connectivity index (χ1) is 7.79. The SMILES string of the molecule is CCc1nnc(NCc2cccnc2Cl)s1. The van der Waals surface area contributed by atoms with Gasteiger partial charge in [0.15, 0.2) is 0 Å². The number of halogens is 1. The molecular weight excluding hydrogens is 244 g/mol. The van der Waals surface area contributed by atoms with Crippen molar-refractivity contribution in [2.75, 3.05) is 5.32 Å². The largest absolute Gasteiger partial charge is 0.356 e. The number of hydrogen-bond acceptors (Lipinski definition) is 5. The molecule has 0 atom stereocenters. The third-order valence-corrected chi connectivity index (χ3v) is 3.40. The van der Waals surface area contributed by atoms with E-state index in [4.69, 9.17) is 11.6 Å². The van der Waals surface area contributed by atoms with Gasteiger partial charge in [0.05, 0.1) is 0 Å². The molecule has 2 aromatic rings. The third-order valence-electron chi connectivity index (χ3n) is 2.04. The predicted octanol–water partition coefficient (Wildman–Crippen LogP) is 2.76. The molecule has 0 saturated heterocycles. The van der Waals surface area contributed by atoms with Crippen molar-refractivity contribution in [1.82, 2.24) is 15.2 Å².